The molecule has 2 nitrogen and oxygen atoms in total. The predicted octanol–water partition coefficient (Wildman–Crippen LogP) is 3.95. The molecular weight excluding hydrogens is 262 g/mol. The molecule has 94 valence electrons. The van der Waals surface area contributed by atoms with Gasteiger partial charge < -0.3 is 0 Å². The molecule has 0 aromatic heterocycles. The van der Waals surface area contributed by atoms with Gasteiger partial charge in [0.05, 0.1) is 0 Å². The van der Waals surface area contributed by atoms with Gasteiger partial charge in [0.2, 0.25) is 5.12 Å². The molecule has 0 atom stereocenters. The Labute approximate surface area is 116 Å². The molecule has 0 aliphatic carbocycles. The molecule has 0 bridgehead atoms. The standard InChI is InChI=1S/C14H15NOS2/c1-8-5-9(2)11(10(3)6-8)7-12-13(16)18-14(15-12)17-4/h5-7H,1-4H3/b12-7+. The van der Waals surface area contributed by atoms with E-state index in [1.165, 1.54) is 40.2 Å². The Balaban J connectivity index is 2.46. The quantitative estimate of drug-likeness (QED) is 0.728. The first kappa shape index (κ1) is 13.4. The van der Waals surface area contributed by atoms with Crippen molar-refractivity contribution in [1.29, 1.82) is 0 Å². The maximum atomic E-state index is 11.8. The Morgan fingerprint density at radius 3 is 2.33 bits per heavy atom. The lowest BCUT2D eigenvalue weighted by atomic mass is 9.99. The third kappa shape index (κ3) is 2.70. The highest BCUT2D eigenvalue weighted by atomic mass is 32.2. The zero-order valence-corrected chi connectivity index (χ0v) is 12.5. The van der Waals surface area contributed by atoms with Crippen LogP contribution < -0.4 is 0 Å². The molecule has 2 rings (SSSR count). The average Bonchev–Trinajstić information content (AvgIpc) is 2.64. The van der Waals surface area contributed by atoms with Gasteiger partial charge in [0, 0.05) is 0 Å². The van der Waals surface area contributed by atoms with Crippen LogP contribution in [0.15, 0.2) is 22.8 Å². The second kappa shape index (κ2) is 5.33. The van der Waals surface area contributed by atoms with Crippen LogP contribution in [-0.4, -0.2) is 15.7 Å². The van der Waals surface area contributed by atoms with Crippen molar-refractivity contribution in [2.24, 2.45) is 4.99 Å². The van der Waals surface area contributed by atoms with Crippen LogP contribution in [0, 0.1) is 20.8 Å². The molecule has 1 heterocycles. The number of carbonyl (C=O) groups is 1. The fraction of sp³-hybridized carbons (Fsp3) is 0.286. The lowest BCUT2D eigenvalue weighted by Crippen LogP contribution is -1.92. The number of rotatable bonds is 1. The summed E-state index contributed by atoms with van der Waals surface area (Å²) in [7, 11) is 0. The van der Waals surface area contributed by atoms with E-state index in [4.69, 9.17) is 0 Å². The summed E-state index contributed by atoms with van der Waals surface area (Å²) in [6.45, 7) is 6.22. The summed E-state index contributed by atoms with van der Waals surface area (Å²) < 4.78 is 0.827. The molecule has 18 heavy (non-hydrogen) atoms. The summed E-state index contributed by atoms with van der Waals surface area (Å²) in [5.74, 6) is 0. The number of aryl methyl sites for hydroxylation is 3. The van der Waals surface area contributed by atoms with Crippen LogP contribution in [0.25, 0.3) is 6.08 Å². The van der Waals surface area contributed by atoms with Gasteiger partial charge >= 0.3 is 0 Å². The molecule has 0 amide bonds. The van der Waals surface area contributed by atoms with E-state index in [1.54, 1.807) is 0 Å². The smallest absolute Gasteiger partial charge is 0.244 e. The van der Waals surface area contributed by atoms with Crippen molar-refractivity contribution in [3.05, 3.63) is 40.1 Å². The first-order valence-electron chi connectivity index (χ1n) is 5.65. The van der Waals surface area contributed by atoms with E-state index in [0.29, 0.717) is 5.70 Å². The van der Waals surface area contributed by atoms with Gasteiger partial charge in [-0.15, -0.1) is 11.8 Å². The molecule has 1 aromatic rings. The molecule has 0 fully saturated rings. The summed E-state index contributed by atoms with van der Waals surface area (Å²) in [6, 6.07) is 4.26. The van der Waals surface area contributed by atoms with Crippen LogP contribution in [0.5, 0.6) is 0 Å². The van der Waals surface area contributed by atoms with E-state index < -0.39 is 0 Å². The molecular formula is C14H15NOS2. The summed E-state index contributed by atoms with van der Waals surface area (Å²) in [6.07, 6.45) is 3.84. The topological polar surface area (TPSA) is 29.4 Å². The Hall–Kier alpha value is -1.000. The van der Waals surface area contributed by atoms with Gasteiger partial charge in [0.1, 0.15) is 10.1 Å². The first-order chi connectivity index (χ1) is 8.51. The number of aliphatic imine (C=N–C) groups is 1. The minimum Gasteiger partial charge on any atom is -0.279 e. The highest BCUT2D eigenvalue weighted by molar-refractivity contribution is 8.45. The van der Waals surface area contributed by atoms with Crippen molar-refractivity contribution < 1.29 is 4.79 Å². The Kier molecular flexibility index (Phi) is 3.97. The number of hydrogen-bond donors (Lipinski definition) is 0. The monoisotopic (exact) mass is 277 g/mol. The van der Waals surface area contributed by atoms with Crippen molar-refractivity contribution in [2.75, 3.05) is 6.26 Å². The zero-order chi connectivity index (χ0) is 13.3. The number of nitrogens with zero attached hydrogens (tertiary/aromatic N) is 1. The van der Waals surface area contributed by atoms with Gasteiger partial charge in [-0.1, -0.05) is 17.7 Å². The van der Waals surface area contributed by atoms with E-state index in [0.717, 1.165) is 9.94 Å². The minimum atomic E-state index is 0.0405. The molecule has 0 saturated heterocycles. The van der Waals surface area contributed by atoms with Crippen molar-refractivity contribution in [3.8, 4) is 0 Å². The molecule has 1 aromatic carbocycles. The number of benzene rings is 1. The molecule has 4 heteroatoms. The van der Waals surface area contributed by atoms with Crippen molar-refractivity contribution in [3.63, 3.8) is 0 Å². The lowest BCUT2D eigenvalue weighted by molar-refractivity contribution is -0.107. The molecule has 0 saturated carbocycles. The largest absolute Gasteiger partial charge is 0.279 e. The van der Waals surface area contributed by atoms with Crippen LogP contribution in [0.1, 0.15) is 22.3 Å². The van der Waals surface area contributed by atoms with E-state index in [2.05, 4.69) is 37.9 Å². The van der Waals surface area contributed by atoms with E-state index in [1.807, 2.05) is 12.3 Å². The van der Waals surface area contributed by atoms with Crippen LogP contribution in [0.3, 0.4) is 0 Å². The molecule has 0 spiro atoms. The third-order valence-corrected chi connectivity index (χ3v) is 4.65. The summed E-state index contributed by atoms with van der Waals surface area (Å²) >= 11 is 2.73. The Morgan fingerprint density at radius 1 is 1.22 bits per heavy atom. The van der Waals surface area contributed by atoms with Crippen LogP contribution >= 0.6 is 23.5 Å². The maximum absolute atomic E-state index is 11.8. The first-order valence-corrected chi connectivity index (χ1v) is 7.70. The van der Waals surface area contributed by atoms with Gasteiger partial charge in [-0.3, -0.25) is 4.79 Å². The number of hydrogen-bond acceptors (Lipinski definition) is 4. The normalized spacial score (nSPS) is 17.4. The molecule has 0 unspecified atom stereocenters. The van der Waals surface area contributed by atoms with Crippen molar-refractivity contribution in [2.45, 2.75) is 20.8 Å². The average molecular weight is 277 g/mol. The lowest BCUT2D eigenvalue weighted by Gasteiger charge is -2.07. The fourth-order valence-electron chi connectivity index (χ4n) is 2.03. The van der Waals surface area contributed by atoms with Crippen molar-refractivity contribution >= 4 is 39.1 Å². The van der Waals surface area contributed by atoms with Crippen LogP contribution in [0.4, 0.5) is 0 Å². The SMILES string of the molecule is CSC1=N/C(=C/c2c(C)cc(C)cc2C)C(=O)S1. The fourth-order valence-corrected chi connectivity index (χ4v) is 3.29. The van der Waals surface area contributed by atoms with E-state index >= 15 is 0 Å². The van der Waals surface area contributed by atoms with Gasteiger partial charge in [0.25, 0.3) is 0 Å². The zero-order valence-electron chi connectivity index (χ0n) is 10.9. The minimum absolute atomic E-state index is 0.0405. The van der Waals surface area contributed by atoms with Gasteiger partial charge in [0.15, 0.2) is 0 Å². The maximum Gasteiger partial charge on any atom is 0.244 e. The van der Waals surface area contributed by atoms with Crippen molar-refractivity contribution in [1.82, 2.24) is 0 Å². The van der Waals surface area contributed by atoms with Crippen LogP contribution in [0.2, 0.25) is 0 Å². The number of thioether (sulfide) groups is 2. The highest BCUT2D eigenvalue weighted by Crippen LogP contribution is 2.31. The highest BCUT2D eigenvalue weighted by Gasteiger charge is 2.21. The van der Waals surface area contributed by atoms with Gasteiger partial charge in [-0.25, -0.2) is 4.99 Å². The van der Waals surface area contributed by atoms with E-state index in [-0.39, 0.29) is 5.12 Å². The second-order valence-electron chi connectivity index (χ2n) is 4.31. The summed E-state index contributed by atoms with van der Waals surface area (Å²) in [5, 5.41) is 0.0405. The molecule has 1 aliphatic rings. The Morgan fingerprint density at radius 2 is 1.83 bits per heavy atom. The van der Waals surface area contributed by atoms with Gasteiger partial charge in [-0.05, 0) is 61.6 Å². The molecule has 1 aliphatic heterocycles. The molecule has 0 N–H and O–H groups in total. The Bertz CT molecular complexity index is 550. The second-order valence-corrected chi connectivity index (χ2v) is 6.33. The van der Waals surface area contributed by atoms with Gasteiger partial charge in [-0.2, -0.15) is 0 Å². The predicted molar refractivity (Wildman–Crippen MR) is 82.2 cm³/mol. The van der Waals surface area contributed by atoms with E-state index in [9.17, 15) is 4.79 Å². The van der Waals surface area contributed by atoms with Crippen LogP contribution in [-0.2, 0) is 4.79 Å². The summed E-state index contributed by atoms with van der Waals surface area (Å²) in [5.41, 5.74) is 5.28. The molecule has 0 radical (unpaired) electrons. The summed E-state index contributed by atoms with van der Waals surface area (Å²) in [4.78, 5) is 16.1. The third-order valence-electron chi connectivity index (χ3n) is 2.79. The number of carbonyl (C=O) groups excluding carboxylic acids is 1.